The molecule has 1 aromatic heterocycles. The lowest BCUT2D eigenvalue weighted by Crippen LogP contribution is -2.37. The van der Waals surface area contributed by atoms with Crippen LogP contribution in [-0.2, 0) is 0 Å². The van der Waals surface area contributed by atoms with Gasteiger partial charge in [0.05, 0.1) is 18.7 Å². The van der Waals surface area contributed by atoms with Crippen molar-refractivity contribution in [3.05, 3.63) is 75.3 Å². The molecule has 29 heavy (non-hydrogen) atoms. The predicted molar refractivity (Wildman–Crippen MR) is 110 cm³/mol. The summed E-state index contributed by atoms with van der Waals surface area (Å²) in [6, 6.07) is 11.2. The number of nitrogens with one attached hydrogen (secondary N) is 2. The first kappa shape index (κ1) is 19.2. The van der Waals surface area contributed by atoms with E-state index in [0.29, 0.717) is 28.1 Å². The summed E-state index contributed by atoms with van der Waals surface area (Å²) in [5.41, 5.74) is 1.73. The molecule has 2 N–H and O–H groups in total. The number of benzene rings is 2. The SMILES string of the molecule is COc1cccc2c(=O)c(C)c(C(=O)NC(c3ccc(F)cc3)C3CCC3)[nH]c12. The molecule has 6 heteroatoms. The van der Waals surface area contributed by atoms with Crippen LogP contribution in [0.4, 0.5) is 4.39 Å². The number of aromatic amines is 1. The molecule has 1 fully saturated rings. The molecule has 0 bridgehead atoms. The van der Waals surface area contributed by atoms with Gasteiger partial charge in [0.1, 0.15) is 17.3 Å². The number of hydrogen-bond donors (Lipinski definition) is 2. The number of H-pyrrole nitrogens is 1. The van der Waals surface area contributed by atoms with Gasteiger partial charge in [-0.3, -0.25) is 9.59 Å². The number of ether oxygens (including phenoxy) is 1. The fourth-order valence-corrected chi connectivity index (χ4v) is 3.91. The number of amides is 1. The van der Waals surface area contributed by atoms with Crippen LogP contribution in [0.3, 0.4) is 0 Å². The number of rotatable bonds is 5. The molecule has 1 heterocycles. The maximum Gasteiger partial charge on any atom is 0.268 e. The van der Waals surface area contributed by atoms with E-state index in [1.807, 2.05) is 0 Å². The molecule has 1 atom stereocenters. The average Bonchev–Trinajstić information content (AvgIpc) is 2.68. The first-order valence-corrected chi connectivity index (χ1v) is 9.75. The van der Waals surface area contributed by atoms with Crippen LogP contribution in [0.15, 0.2) is 47.3 Å². The number of aromatic nitrogens is 1. The third kappa shape index (κ3) is 3.50. The minimum absolute atomic E-state index is 0.204. The van der Waals surface area contributed by atoms with Crippen LogP contribution in [0.2, 0.25) is 0 Å². The zero-order valence-electron chi connectivity index (χ0n) is 16.4. The van der Waals surface area contributed by atoms with Crippen molar-refractivity contribution >= 4 is 16.8 Å². The lowest BCUT2D eigenvalue weighted by Gasteiger charge is -2.34. The van der Waals surface area contributed by atoms with Crippen LogP contribution >= 0.6 is 0 Å². The van der Waals surface area contributed by atoms with Gasteiger partial charge in [0.2, 0.25) is 0 Å². The molecule has 5 nitrogen and oxygen atoms in total. The molecule has 0 spiro atoms. The second-order valence-corrected chi connectivity index (χ2v) is 7.53. The van der Waals surface area contributed by atoms with E-state index in [4.69, 9.17) is 4.74 Å². The van der Waals surface area contributed by atoms with Crippen LogP contribution in [0.1, 0.15) is 46.9 Å². The molecule has 1 saturated carbocycles. The summed E-state index contributed by atoms with van der Waals surface area (Å²) in [5.74, 6) is 0.136. The third-order valence-electron chi connectivity index (χ3n) is 5.82. The Morgan fingerprint density at radius 3 is 2.55 bits per heavy atom. The van der Waals surface area contributed by atoms with Crippen LogP contribution in [0, 0.1) is 18.7 Å². The quantitative estimate of drug-likeness (QED) is 0.679. The fraction of sp³-hybridized carbons (Fsp3) is 0.304. The molecule has 4 rings (SSSR count). The highest BCUT2D eigenvalue weighted by Gasteiger charge is 2.31. The van der Waals surface area contributed by atoms with Gasteiger partial charge >= 0.3 is 0 Å². The van der Waals surface area contributed by atoms with E-state index in [9.17, 15) is 14.0 Å². The number of hydrogen-bond acceptors (Lipinski definition) is 3. The lowest BCUT2D eigenvalue weighted by molar-refractivity contribution is 0.0895. The van der Waals surface area contributed by atoms with E-state index in [2.05, 4.69) is 10.3 Å². The molecule has 0 radical (unpaired) electrons. The minimum atomic E-state index is -0.353. The molecule has 150 valence electrons. The topological polar surface area (TPSA) is 71.2 Å². The van der Waals surface area contributed by atoms with Crippen molar-refractivity contribution in [2.24, 2.45) is 5.92 Å². The predicted octanol–water partition coefficient (Wildman–Crippen LogP) is 4.26. The van der Waals surface area contributed by atoms with E-state index in [-0.39, 0.29) is 28.9 Å². The minimum Gasteiger partial charge on any atom is -0.495 e. The van der Waals surface area contributed by atoms with Crippen molar-refractivity contribution in [3.8, 4) is 5.75 Å². The Morgan fingerprint density at radius 1 is 1.21 bits per heavy atom. The van der Waals surface area contributed by atoms with Crippen LogP contribution in [0.25, 0.3) is 10.9 Å². The molecule has 1 amide bonds. The number of methoxy groups -OCH3 is 1. The second kappa shape index (κ2) is 7.70. The number of fused-ring (bicyclic) bond motifs is 1. The first-order valence-electron chi connectivity index (χ1n) is 9.75. The molecule has 3 aromatic rings. The molecule has 1 aliphatic rings. The molecular weight excluding hydrogens is 371 g/mol. The van der Waals surface area contributed by atoms with Crippen LogP contribution in [-0.4, -0.2) is 18.0 Å². The van der Waals surface area contributed by atoms with Gasteiger partial charge in [0, 0.05) is 10.9 Å². The fourth-order valence-electron chi connectivity index (χ4n) is 3.91. The van der Waals surface area contributed by atoms with E-state index in [1.54, 1.807) is 37.3 Å². The van der Waals surface area contributed by atoms with Crippen LogP contribution in [0.5, 0.6) is 5.75 Å². The third-order valence-corrected chi connectivity index (χ3v) is 5.82. The van der Waals surface area contributed by atoms with Crippen molar-refractivity contribution < 1.29 is 13.9 Å². The van der Waals surface area contributed by atoms with Crippen molar-refractivity contribution in [2.75, 3.05) is 7.11 Å². The summed E-state index contributed by atoms with van der Waals surface area (Å²) in [4.78, 5) is 29.1. The molecule has 0 aliphatic heterocycles. The van der Waals surface area contributed by atoms with E-state index < -0.39 is 0 Å². The molecule has 1 unspecified atom stereocenters. The maximum absolute atomic E-state index is 13.4. The highest BCUT2D eigenvalue weighted by Crippen LogP contribution is 2.38. The van der Waals surface area contributed by atoms with Gasteiger partial charge in [-0.05, 0) is 55.5 Å². The smallest absolute Gasteiger partial charge is 0.268 e. The van der Waals surface area contributed by atoms with E-state index in [1.165, 1.54) is 19.2 Å². The second-order valence-electron chi connectivity index (χ2n) is 7.53. The monoisotopic (exact) mass is 394 g/mol. The maximum atomic E-state index is 13.4. The Labute approximate surface area is 167 Å². The number of carbonyl (C=O) groups excluding carboxylic acids is 1. The Kier molecular flexibility index (Phi) is 5.09. The lowest BCUT2D eigenvalue weighted by atomic mass is 9.77. The summed E-state index contributed by atoms with van der Waals surface area (Å²) in [5, 5.41) is 3.55. The molecule has 1 aliphatic carbocycles. The molecular formula is C23H23FN2O3. The first-order chi connectivity index (χ1) is 14.0. The highest BCUT2D eigenvalue weighted by molar-refractivity contribution is 5.97. The summed E-state index contributed by atoms with van der Waals surface area (Å²) in [6.45, 7) is 1.64. The number of carbonyl (C=O) groups is 1. The zero-order valence-corrected chi connectivity index (χ0v) is 16.4. The van der Waals surface area contributed by atoms with Crippen molar-refractivity contribution in [3.63, 3.8) is 0 Å². The Balaban J connectivity index is 1.73. The number of pyridine rings is 1. The Bertz CT molecular complexity index is 1120. The summed E-state index contributed by atoms with van der Waals surface area (Å²) >= 11 is 0. The number of halogens is 1. The summed E-state index contributed by atoms with van der Waals surface area (Å²) < 4.78 is 18.7. The molecule has 0 saturated heterocycles. The van der Waals surface area contributed by atoms with Gasteiger partial charge in [-0.2, -0.15) is 0 Å². The summed E-state index contributed by atoms with van der Waals surface area (Å²) in [6.07, 6.45) is 3.12. The van der Waals surface area contributed by atoms with E-state index >= 15 is 0 Å². The van der Waals surface area contributed by atoms with Gasteiger partial charge < -0.3 is 15.0 Å². The van der Waals surface area contributed by atoms with Crippen LogP contribution < -0.4 is 15.5 Å². The van der Waals surface area contributed by atoms with Gasteiger partial charge in [-0.25, -0.2) is 4.39 Å². The van der Waals surface area contributed by atoms with Crippen molar-refractivity contribution in [1.29, 1.82) is 0 Å². The van der Waals surface area contributed by atoms with Gasteiger partial charge in [0.15, 0.2) is 5.43 Å². The highest BCUT2D eigenvalue weighted by atomic mass is 19.1. The molecule has 2 aromatic carbocycles. The normalized spacial score (nSPS) is 15.0. The largest absolute Gasteiger partial charge is 0.495 e. The van der Waals surface area contributed by atoms with Gasteiger partial charge in [0.25, 0.3) is 5.91 Å². The number of para-hydroxylation sites is 1. The zero-order chi connectivity index (χ0) is 20.5. The average molecular weight is 394 g/mol. The van der Waals surface area contributed by atoms with Crippen molar-refractivity contribution in [1.82, 2.24) is 10.3 Å². The van der Waals surface area contributed by atoms with Gasteiger partial charge in [-0.15, -0.1) is 0 Å². The standard InChI is InChI=1S/C23H23FN2O3/c1-13-19(25-21-17(22(13)27)7-4-8-18(21)29-2)23(28)26-20(14-5-3-6-14)15-9-11-16(24)12-10-15/h4,7-12,14,20H,3,5-6H2,1-2H3,(H,25,27)(H,26,28). The van der Waals surface area contributed by atoms with Gasteiger partial charge in [-0.1, -0.05) is 24.6 Å². The van der Waals surface area contributed by atoms with E-state index in [0.717, 1.165) is 24.8 Å². The Hall–Kier alpha value is -3.15. The van der Waals surface area contributed by atoms with Crippen molar-refractivity contribution in [2.45, 2.75) is 32.2 Å². The summed E-state index contributed by atoms with van der Waals surface area (Å²) in [7, 11) is 1.52. The Morgan fingerprint density at radius 2 is 1.93 bits per heavy atom.